The number of nitrogen functional groups attached to an aromatic ring is 1. The van der Waals surface area contributed by atoms with Crippen molar-refractivity contribution in [2.45, 2.75) is 193 Å². The van der Waals surface area contributed by atoms with E-state index < -0.39 is 57.9 Å². The van der Waals surface area contributed by atoms with Crippen LogP contribution in [-0.4, -0.2) is 243 Å². The monoisotopic (exact) mass is 2120 g/mol. The summed E-state index contributed by atoms with van der Waals surface area (Å²) < 4.78 is 122. The van der Waals surface area contributed by atoms with Gasteiger partial charge in [0.25, 0.3) is 40.1 Å². The third kappa shape index (κ3) is 25.3. The molecule has 5 aliphatic carbocycles. The first-order chi connectivity index (χ1) is 61.8. The summed E-state index contributed by atoms with van der Waals surface area (Å²) in [4.78, 5) is 62.6. The van der Waals surface area contributed by atoms with Crippen molar-refractivity contribution in [1.82, 2.24) is 59.5 Å². The molecule has 11 heterocycles. The molecule has 7 aromatic rings. The second-order valence-corrected chi connectivity index (χ2v) is 46.9. The number of aldehydes is 1. The van der Waals surface area contributed by atoms with Crippen molar-refractivity contribution >= 4 is 257 Å². The minimum Gasteiger partial charge on any atom is 1.00 e. The van der Waals surface area contributed by atoms with Gasteiger partial charge in [-0.2, -0.15) is 4.98 Å². The minimum atomic E-state index is -3.65. The van der Waals surface area contributed by atoms with Gasteiger partial charge in [0.15, 0.2) is 45.0 Å². The number of piperazine rings is 2. The van der Waals surface area contributed by atoms with Crippen LogP contribution >= 0.6 is 95.9 Å². The number of sulfonamides is 4. The van der Waals surface area contributed by atoms with Crippen LogP contribution in [0.4, 0.5) is 57.8 Å². The average molecular weight is 2130 g/mol. The summed E-state index contributed by atoms with van der Waals surface area (Å²) in [5.41, 5.74) is 13.0. The first-order valence-electron chi connectivity index (χ1n) is 42.4. The Morgan fingerprint density at radius 1 is 0.519 bits per heavy atom. The average Bonchev–Trinajstić information content (AvgIpc) is 1.22. The fraction of sp³-hybridized carbons (Fsp3) is 0.487. The second kappa shape index (κ2) is 46.5. The number of thiol groups is 1. The molecule has 18 rings (SSSR count). The van der Waals surface area contributed by atoms with Crippen LogP contribution in [0.25, 0.3) is 24.3 Å². The molecule has 0 bridgehead atoms. The molecular formula is C80H106B3Br3N22O12S9+. The fourth-order valence-electron chi connectivity index (χ4n) is 16.8. The quantitative estimate of drug-likeness (QED) is 0.0123. The Balaban J connectivity index is 0.000000153. The Bertz CT molecular complexity index is 5730. The Kier molecular flexibility index (Phi) is 36.5. The molecule has 6 N–H and O–H groups in total. The van der Waals surface area contributed by atoms with Crippen LogP contribution in [0, 0.1) is 0 Å². The van der Waals surface area contributed by atoms with Gasteiger partial charge in [-0.25, -0.2) is 95.7 Å². The summed E-state index contributed by atoms with van der Waals surface area (Å²) >= 11 is 17.0. The molecule has 11 aliphatic rings. The van der Waals surface area contributed by atoms with Gasteiger partial charge in [0.2, 0.25) is 11.1 Å². The Labute approximate surface area is 805 Å². The maximum absolute atomic E-state index is 13.1. The zero-order valence-electron chi connectivity index (χ0n) is 73.3. The van der Waals surface area contributed by atoms with E-state index in [1.54, 1.807) is 49.8 Å². The zero-order valence-corrected chi connectivity index (χ0v) is 84.5. The molecule has 2 saturated heterocycles. The van der Waals surface area contributed by atoms with Crippen molar-refractivity contribution in [3.63, 3.8) is 0 Å². The summed E-state index contributed by atoms with van der Waals surface area (Å²) in [7, 11) is -11.9. The second-order valence-electron chi connectivity index (χ2n) is 31.9. The molecule has 129 heavy (non-hydrogen) atoms. The number of aromatic nitrogens is 10. The molecule has 5 saturated carbocycles. The smallest absolute Gasteiger partial charge is 1.00 e. The molecule has 0 spiro atoms. The molecule has 1 atom stereocenters. The van der Waals surface area contributed by atoms with Crippen LogP contribution in [0.5, 0.6) is 0 Å². The predicted octanol–water partition coefficient (Wildman–Crippen LogP) is 13.6. The number of halogens is 3. The summed E-state index contributed by atoms with van der Waals surface area (Å²) in [6.45, 7) is 10.7. The fourth-order valence-corrected chi connectivity index (χ4v) is 26.2. The number of anilines is 10. The van der Waals surface area contributed by atoms with Crippen LogP contribution in [0.1, 0.15) is 162 Å². The molecule has 1 radical (unpaired) electrons. The van der Waals surface area contributed by atoms with E-state index >= 15 is 0 Å². The van der Waals surface area contributed by atoms with Gasteiger partial charge in [-0.05, 0) is 217 Å². The van der Waals surface area contributed by atoms with Crippen LogP contribution < -0.4 is 43.4 Å². The van der Waals surface area contributed by atoms with Gasteiger partial charge in [-0.15, -0.1) is 0 Å². The number of benzene rings is 2. The van der Waals surface area contributed by atoms with E-state index in [1.165, 1.54) is 95.0 Å². The summed E-state index contributed by atoms with van der Waals surface area (Å²) in [5.74, 6) is 2.86. The Morgan fingerprint density at radius 3 is 1.29 bits per heavy atom. The van der Waals surface area contributed by atoms with Crippen molar-refractivity contribution in [3.05, 3.63) is 124 Å². The molecular weight excluding hydrogens is 2020 g/mol. The summed E-state index contributed by atoms with van der Waals surface area (Å²) in [5, 5.41) is 29.1. The number of nitrogens with one attached hydrogen (secondary N) is 2. The first kappa shape index (κ1) is 101. The number of nitrogens with zero attached hydrogens (tertiary/aromatic N) is 19. The molecule has 6 aliphatic heterocycles. The molecule has 2 aromatic carbocycles. The number of thioether (sulfide) groups is 3. The molecule has 0 amide bonds. The largest absolute Gasteiger partial charge is 1.00 e. The maximum atomic E-state index is 13.1. The number of fused-ring (bicyclic) bond motifs is 4. The SMILES string of the molecule is CB(O)N1CCN(c2ccc(N)cc2)CC1.CB(O)N1CCN(c2ccc(Nc3ncc4c(n3)N(C3CCCC3)S(=O)(=O)C(Br)=C4)cc2)CC1.CS(=O)c1ncc2c(n1)N(C1CCCC1)S(=O)(=O)C(Br)=C2.CSc1ncc(C=O)c(NC2CCCC2)n1.CSc1ncc2c(n1)N(C1CCCC1)S(=O)(=O)C(Br)=C2.CSc1ncc2c(n1)N(C1CCCC1)S(=O)(=O)C=C2.[B]=NS.[H+]. The molecule has 49 heteroatoms. The summed E-state index contributed by atoms with van der Waals surface area (Å²) in [6.07, 6.45) is 42.4. The van der Waals surface area contributed by atoms with Gasteiger partial charge in [-0.1, -0.05) is 99.5 Å². The third-order valence-electron chi connectivity index (χ3n) is 23.4. The first-order valence-corrected chi connectivity index (χ1v) is 56.2. The van der Waals surface area contributed by atoms with Crippen molar-refractivity contribution < 1.29 is 54.1 Å². The van der Waals surface area contributed by atoms with Gasteiger partial charge in [0.1, 0.15) is 17.3 Å². The Hall–Kier alpha value is -6.71. The van der Waals surface area contributed by atoms with E-state index in [1.807, 2.05) is 74.1 Å². The number of hydrogen-bond acceptors (Lipinski definition) is 34. The van der Waals surface area contributed by atoms with Gasteiger partial charge >= 0.3 is 40.3 Å². The van der Waals surface area contributed by atoms with Crippen molar-refractivity contribution in [1.29, 1.82) is 0 Å². The normalized spacial score (nSPS) is 20.0. The maximum Gasteiger partial charge on any atom is 1.00 e. The van der Waals surface area contributed by atoms with Crippen molar-refractivity contribution in [3.8, 4) is 0 Å². The van der Waals surface area contributed by atoms with E-state index in [9.17, 15) is 52.7 Å². The topological polar surface area (TPSA) is 428 Å². The van der Waals surface area contributed by atoms with Crippen LogP contribution in [0.3, 0.4) is 0 Å². The van der Waals surface area contributed by atoms with Gasteiger partial charge in [0, 0.05) is 165 Å². The minimum absolute atomic E-state index is 0. The summed E-state index contributed by atoms with van der Waals surface area (Å²) in [6, 6.07) is 16.3. The van der Waals surface area contributed by atoms with Crippen molar-refractivity contribution in [2.75, 3.05) is 121 Å². The van der Waals surface area contributed by atoms with E-state index in [0.717, 1.165) is 202 Å². The third-order valence-corrected chi connectivity index (χ3v) is 36.5. The van der Waals surface area contributed by atoms with Crippen LogP contribution in [0.2, 0.25) is 13.6 Å². The number of carbonyl (C=O) groups is 1. The van der Waals surface area contributed by atoms with Crippen LogP contribution in [-0.2, 0) is 50.9 Å². The van der Waals surface area contributed by atoms with Gasteiger partial charge in [0.05, 0.1) is 21.8 Å². The van der Waals surface area contributed by atoms with Crippen LogP contribution in [0.15, 0.2) is 121 Å². The van der Waals surface area contributed by atoms with E-state index in [2.05, 4.69) is 152 Å². The van der Waals surface area contributed by atoms with E-state index in [-0.39, 0.29) is 49.2 Å². The molecule has 5 aromatic heterocycles. The van der Waals surface area contributed by atoms with Crippen molar-refractivity contribution in [2.24, 2.45) is 4.30 Å². The molecule has 7 fully saturated rings. The zero-order chi connectivity index (χ0) is 92.5. The number of carbonyl (C=O) groups excluding carboxylic acids is 1. The van der Waals surface area contributed by atoms with Gasteiger partial charge in [-0.3, -0.25) is 9.00 Å². The van der Waals surface area contributed by atoms with E-state index in [4.69, 9.17) is 5.73 Å². The van der Waals surface area contributed by atoms with Gasteiger partial charge < -0.3 is 45.8 Å². The number of nitrogens with two attached hydrogens (primary N) is 1. The molecule has 691 valence electrons. The predicted molar refractivity (Wildman–Crippen MR) is 538 cm³/mol. The standard InChI is InChI=1S/C22H28BBrN6O3S.C12H14BrN3O3S2.C12H14BrN3O2S2.C12H15N3O2S2.C11H18BN3O.C11H15N3OS.BHNS/c1-23(31)29-12-10-28(11-13-29)18-8-6-17(7-9-18)26-22-25-15-16-14-20(24)34(32,33)30(21(16)27-22)19-4-2-3-5-19;1-20(17)12-14-7-8-6-10(13)21(18,19)16(11(8)15-12)9-4-2-3-5-9;1-19-12-14-7-8-6-10(13)20(17,18)16(11(8)15-12)9-4-2-3-5-9;1-18-12-13-8-9-6-7-19(16,17)15(11(9)14-12)10-4-2-3-5-10;1-12(16)15-8-6-14(7-9-15)11-4-2-10(13)3-5-11;1-16-11-12-6-8(7-15)10(14-11)13-9-4-2-3-5-9;1-2-3/h6-9,14-15,19,31H,2-5,10-13H2,1H3,(H,25,26,27);6-7,9H,2-5H2,1H3;6-7,9H,2-5H2,1H3;6-8,10H,2-5H2,1H3;2-5,16H,6-9,13H2,1H3;6-7,9H,2-5H2,1H3,(H,12,13,14);3H/p+1. The van der Waals surface area contributed by atoms with E-state index in [0.29, 0.717) is 73.2 Å². The number of rotatable bonds is 17. The number of hydrogen-bond donors (Lipinski definition) is 6. The molecule has 34 nitrogen and oxygen atoms in total. The Morgan fingerprint density at radius 2 is 0.876 bits per heavy atom. The molecule has 1 unspecified atom stereocenters.